The molecule has 0 unspecified atom stereocenters. The lowest BCUT2D eigenvalue weighted by atomic mass is 9.97. The summed E-state index contributed by atoms with van der Waals surface area (Å²) >= 11 is 0. The Morgan fingerprint density at radius 3 is 2.17 bits per heavy atom. The highest BCUT2D eigenvalue weighted by molar-refractivity contribution is 7.92. The number of amides is 2. The second-order valence-corrected chi connectivity index (χ2v) is 8.95. The van der Waals surface area contributed by atoms with Crippen LogP contribution in [0.3, 0.4) is 0 Å². The number of hydrogen-bond donors (Lipinski definition) is 3. The third-order valence-electron chi connectivity index (χ3n) is 4.38. The molecule has 7 nitrogen and oxygen atoms in total. The van der Waals surface area contributed by atoms with Gasteiger partial charge in [-0.05, 0) is 62.1 Å². The molecule has 0 fully saturated rings. The van der Waals surface area contributed by atoms with Crippen LogP contribution in [-0.4, -0.2) is 33.0 Å². The van der Waals surface area contributed by atoms with Crippen molar-refractivity contribution >= 4 is 33.2 Å². The average Bonchev–Trinajstić information content (AvgIpc) is 2.56. The number of aryl methyl sites for hydroxylation is 3. The maximum atomic E-state index is 12.7. The number of carbonyl (C=O) groups excluding carboxylic acids is 2. The first kappa shape index (κ1) is 22.4. The Balaban J connectivity index is 2.20. The smallest absolute Gasteiger partial charge is 0.253 e. The lowest BCUT2D eigenvalue weighted by Crippen LogP contribution is -2.27. The molecule has 0 aliphatic carbocycles. The highest BCUT2D eigenvalue weighted by Gasteiger charge is 2.16. The van der Waals surface area contributed by atoms with Crippen molar-refractivity contribution in [3.05, 3.63) is 58.1 Å². The van der Waals surface area contributed by atoms with E-state index in [4.69, 9.17) is 0 Å². The number of nitrogens with one attached hydrogen (secondary N) is 3. The van der Waals surface area contributed by atoms with Crippen LogP contribution in [0.2, 0.25) is 0 Å². The van der Waals surface area contributed by atoms with Crippen molar-refractivity contribution < 1.29 is 18.0 Å². The van der Waals surface area contributed by atoms with E-state index < -0.39 is 15.9 Å². The monoisotopic (exact) mass is 417 g/mol. The summed E-state index contributed by atoms with van der Waals surface area (Å²) in [5, 5.41) is 5.43. The summed E-state index contributed by atoms with van der Waals surface area (Å²) in [7, 11) is -3.57. The highest BCUT2D eigenvalue weighted by atomic mass is 32.2. The van der Waals surface area contributed by atoms with E-state index in [2.05, 4.69) is 27.5 Å². The van der Waals surface area contributed by atoms with Gasteiger partial charge in [-0.1, -0.05) is 17.7 Å². The van der Waals surface area contributed by atoms with Crippen molar-refractivity contribution in [3.63, 3.8) is 0 Å². The molecule has 2 aromatic rings. The van der Waals surface area contributed by atoms with Crippen LogP contribution in [0.25, 0.3) is 0 Å². The molecule has 29 heavy (non-hydrogen) atoms. The third kappa shape index (κ3) is 6.60. The molecule has 0 aromatic heterocycles. The van der Waals surface area contributed by atoms with Crippen molar-refractivity contribution in [1.29, 1.82) is 0 Å². The molecule has 3 N–H and O–H groups in total. The molecule has 0 heterocycles. The van der Waals surface area contributed by atoms with Crippen LogP contribution < -0.4 is 15.4 Å². The Bertz CT molecular complexity index is 1020. The summed E-state index contributed by atoms with van der Waals surface area (Å²) in [6, 6.07) is 8.65. The van der Waals surface area contributed by atoms with Gasteiger partial charge in [-0.15, -0.1) is 0 Å². The van der Waals surface area contributed by atoms with Crippen molar-refractivity contribution in [2.45, 2.75) is 34.1 Å². The van der Waals surface area contributed by atoms with Crippen molar-refractivity contribution in [2.75, 3.05) is 22.8 Å². The van der Waals surface area contributed by atoms with E-state index in [-0.39, 0.29) is 17.2 Å². The molecule has 2 amide bonds. The van der Waals surface area contributed by atoms with Crippen LogP contribution in [0.4, 0.5) is 11.4 Å². The molecule has 8 heteroatoms. The van der Waals surface area contributed by atoms with Crippen molar-refractivity contribution in [3.8, 4) is 0 Å². The van der Waals surface area contributed by atoms with Crippen LogP contribution in [0.15, 0.2) is 30.3 Å². The molecule has 0 radical (unpaired) electrons. The van der Waals surface area contributed by atoms with Crippen LogP contribution >= 0.6 is 0 Å². The Morgan fingerprint density at radius 2 is 1.62 bits per heavy atom. The molecule has 156 valence electrons. The van der Waals surface area contributed by atoms with E-state index in [9.17, 15) is 18.0 Å². The first-order chi connectivity index (χ1) is 13.5. The van der Waals surface area contributed by atoms with Gasteiger partial charge in [-0.3, -0.25) is 14.3 Å². The molecule has 2 rings (SSSR count). The largest absolute Gasteiger partial charge is 0.352 e. The predicted octanol–water partition coefficient (Wildman–Crippen LogP) is 2.91. The molecule has 0 spiro atoms. The van der Waals surface area contributed by atoms with Crippen LogP contribution in [-0.2, 0) is 21.2 Å². The van der Waals surface area contributed by atoms with Gasteiger partial charge in [0.2, 0.25) is 15.9 Å². The van der Waals surface area contributed by atoms with E-state index in [0.717, 1.165) is 6.26 Å². The summed E-state index contributed by atoms with van der Waals surface area (Å²) in [6.45, 7) is 7.88. The first-order valence-electron chi connectivity index (χ1n) is 9.20. The zero-order valence-corrected chi connectivity index (χ0v) is 18.2. The van der Waals surface area contributed by atoms with Gasteiger partial charge in [0.25, 0.3) is 5.91 Å². The van der Waals surface area contributed by atoms with Gasteiger partial charge in [0.05, 0.1) is 17.5 Å². The fourth-order valence-corrected chi connectivity index (χ4v) is 3.88. The summed E-state index contributed by atoms with van der Waals surface area (Å²) in [6.07, 6.45) is 1.67. The number of benzene rings is 2. The van der Waals surface area contributed by atoms with Gasteiger partial charge in [0, 0.05) is 19.2 Å². The van der Waals surface area contributed by atoms with Crippen LogP contribution in [0.5, 0.6) is 0 Å². The van der Waals surface area contributed by atoms with Gasteiger partial charge < -0.3 is 10.6 Å². The summed E-state index contributed by atoms with van der Waals surface area (Å²) < 4.78 is 25.6. The SMILES string of the molecule is CC(=O)Nc1ccc(NS(C)(=O)=O)c(C(=O)NCCc2c(C)cc(C)cc2C)c1. The normalized spacial score (nSPS) is 11.1. The minimum absolute atomic E-state index is 0.138. The molecular weight excluding hydrogens is 390 g/mol. The molecule has 0 atom stereocenters. The van der Waals surface area contributed by atoms with Gasteiger partial charge in [0.1, 0.15) is 0 Å². The fraction of sp³-hybridized carbons (Fsp3) is 0.333. The van der Waals surface area contributed by atoms with Gasteiger partial charge in [-0.25, -0.2) is 8.42 Å². The maximum Gasteiger partial charge on any atom is 0.253 e. The number of sulfonamides is 1. The summed E-state index contributed by atoms with van der Waals surface area (Å²) in [4.78, 5) is 24.0. The number of anilines is 2. The number of rotatable bonds is 7. The summed E-state index contributed by atoms with van der Waals surface area (Å²) in [5.74, 6) is -0.712. The minimum atomic E-state index is -3.57. The molecule has 0 aliphatic heterocycles. The third-order valence-corrected chi connectivity index (χ3v) is 4.97. The highest BCUT2D eigenvalue weighted by Crippen LogP contribution is 2.22. The Kier molecular flexibility index (Phi) is 7.02. The lowest BCUT2D eigenvalue weighted by Gasteiger charge is -2.15. The first-order valence-corrected chi connectivity index (χ1v) is 11.1. The quantitative estimate of drug-likeness (QED) is 0.644. The number of hydrogen-bond acceptors (Lipinski definition) is 4. The second kappa shape index (κ2) is 9.09. The standard InChI is InChI=1S/C21H27N3O4S/c1-13-10-14(2)18(15(3)11-13)8-9-22-21(26)19-12-17(23-16(4)25)6-7-20(19)24-29(5,27)28/h6-7,10-12,24H,8-9H2,1-5H3,(H,22,26)(H,23,25). The number of carbonyl (C=O) groups is 2. The van der Waals surface area contributed by atoms with E-state index >= 15 is 0 Å². The second-order valence-electron chi connectivity index (χ2n) is 7.20. The molecule has 0 aliphatic rings. The predicted molar refractivity (Wildman–Crippen MR) is 116 cm³/mol. The van der Waals surface area contributed by atoms with Crippen molar-refractivity contribution in [1.82, 2.24) is 5.32 Å². The Morgan fingerprint density at radius 1 is 1.00 bits per heavy atom. The van der Waals surface area contributed by atoms with E-state index in [1.807, 2.05) is 20.8 Å². The molecular formula is C21H27N3O4S. The van der Waals surface area contributed by atoms with Crippen molar-refractivity contribution in [2.24, 2.45) is 0 Å². The Labute approximate surface area is 172 Å². The fourth-order valence-electron chi connectivity index (χ4n) is 3.30. The topological polar surface area (TPSA) is 104 Å². The van der Waals surface area contributed by atoms with E-state index in [1.54, 1.807) is 0 Å². The maximum absolute atomic E-state index is 12.7. The average molecular weight is 418 g/mol. The molecule has 0 saturated heterocycles. The van der Waals surface area contributed by atoms with Gasteiger partial charge >= 0.3 is 0 Å². The van der Waals surface area contributed by atoms with Gasteiger partial charge in [-0.2, -0.15) is 0 Å². The minimum Gasteiger partial charge on any atom is -0.352 e. The molecule has 0 bridgehead atoms. The lowest BCUT2D eigenvalue weighted by molar-refractivity contribution is -0.114. The van der Waals surface area contributed by atoms with Gasteiger partial charge in [0.15, 0.2) is 0 Å². The van der Waals surface area contributed by atoms with Crippen LogP contribution in [0, 0.1) is 20.8 Å². The van der Waals surface area contributed by atoms with Crippen LogP contribution in [0.1, 0.15) is 39.5 Å². The zero-order valence-electron chi connectivity index (χ0n) is 17.3. The zero-order chi connectivity index (χ0) is 21.8. The summed E-state index contributed by atoms with van der Waals surface area (Å²) in [5.41, 5.74) is 5.41. The van der Waals surface area contributed by atoms with E-state index in [0.29, 0.717) is 18.7 Å². The van der Waals surface area contributed by atoms with E-state index in [1.165, 1.54) is 47.4 Å². The molecule has 0 saturated carbocycles. The molecule has 2 aromatic carbocycles. The Hall–Kier alpha value is -2.87.